The van der Waals surface area contributed by atoms with Crippen molar-refractivity contribution in [3.05, 3.63) is 0 Å². The summed E-state index contributed by atoms with van der Waals surface area (Å²) in [6.45, 7) is 9.40. The number of hydrogen-bond acceptors (Lipinski definition) is 3. The minimum atomic E-state index is 0.0905. The molecule has 1 aliphatic heterocycles. The predicted molar refractivity (Wildman–Crippen MR) is 70.7 cm³/mol. The normalized spacial score (nSPS) is 18.2. The Balaban J connectivity index is 2.04. The maximum Gasteiger partial charge on any atom is 0.232 e. The van der Waals surface area contributed by atoms with Crippen LogP contribution in [0.25, 0.3) is 0 Å². The third kappa shape index (κ3) is 5.21. The van der Waals surface area contributed by atoms with Crippen LogP contribution in [0.1, 0.15) is 27.2 Å². The molecule has 0 aromatic rings. The number of amides is 1. The fraction of sp³-hybridized carbons (Fsp3) is 0.917. The molecule has 0 aliphatic carbocycles. The SMILES string of the molecule is CC(C)CCNC(=O)C(C)SCC1CNC1. The van der Waals surface area contributed by atoms with E-state index in [1.54, 1.807) is 11.8 Å². The molecule has 1 atom stereocenters. The molecule has 16 heavy (non-hydrogen) atoms. The lowest BCUT2D eigenvalue weighted by Crippen LogP contribution is -2.44. The van der Waals surface area contributed by atoms with Gasteiger partial charge in [-0.3, -0.25) is 4.79 Å². The van der Waals surface area contributed by atoms with Crippen molar-refractivity contribution in [2.75, 3.05) is 25.4 Å². The second-order valence-electron chi connectivity index (χ2n) is 4.97. The first-order valence-corrected chi connectivity index (χ1v) is 7.24. The minimum Gasteiger partial charge on any atom is -0.355 e. The lowest BCUT2D eigenvalue weighted by atomic mass is 10.1. The highest BCUT2D eigenvalue weighted by atomic mass is 32.2. The van der Waals surface area contributed by atoms with Crippen LogP contribution < -0.4 is 10.6 Å². The molecule has 4 heteroatoms. The van der Waals surface area contributed by atoms with Gasteiger partial charge in [0, 0.05) is 6.54 Å². The van der Waals surface area contributed by atoms with Crippen LogP contribution in [0.2, 0.25) is 0 Å². The Morgan fingerprint density at radius 1 is 1.44 bits per heavy atom. The Hall–Kier alpha value is -0.220. The van der Waals surface area contributed by atoms with E-state index in [0.29, 0.717) is 5.92 Å². The van der Waals surface area contributed by atoms with Crippen molar-refractivity contribution >= 4 is 17.7 Å². The summed E-state index contributed by atoms with van der Waals surface area (Å²) in [6.07, 6.45) is 1.07. The lowest BCUT2D eigenvalue weighted by molar-refractivity contribution is -0.120. The quantitative estimate of drug-likeness (QED) is 0.713. The molecule has 1 fully saturated rings. The number of nitrogens with one attached hydrogen (secondary N) is 2. The molecule has 1 heterocycles. The molecule has 0 bridgehead atoms. The number of carbonyl (C=O) groups excluding carboxylic acids is 1. The molecule has 3 nitrogen and oxygen atoms in total. The molecule has 94 valence electrons. The monoisotopic (exact) mass is 244 g/mol. The number of hydrogen-bond donors (Lipinski definition) is 2. The van der Waals surface area contributed by atoms with Crippen LogP contribution in [0.3, 0.4) is 0 Å². The molecule has 0 radical (unpaired) electrons. The van der Waals surface area contributed by atoms with Crippen LogP contribution in [0, 0.1) is 11.8 Å². The van der Waals surface area contributed by atoms with E-state index in [2.05, 4.69) is 24.5 Å². The molecule has 1 aliphatic rings. The molecule has 1 unspecified atom stereocenters. The van der Waals surface area contributed by atoms with Crippen molar-refractivity contribution in [1.29, 1.82) is 0 Å². The number of thioether (sulfide) groups is 1. The summed E-state index contributed by atoms with van der Waals surface area (Å²) in [7, 11) is 0. The molecule has 1 rings (SSSR count). The van der Waals surface area contributed by atoms with E-state index in [1.165, 1.54) is 0 Å². The van der Waals surface area contributed by atoms with Gasteiger partial charge in [0.15, 0.2) is 0 Å². The second kappa shape index (κ2) is 7.17. The van der Waals surface area contributed by atoms with Crippen LogP contribution in [0.4, 0.5) is 0 Å². The third-order valence-corrected chi connectivity index (χ3v) is 4.22. The third-order valence-electron chi connectivity index (χ3n) is 2.84. The number of carbonyl (C=O) groups is 1. The van der Waals surface area contributed by atoms with Gasteiger partial charge in [-0.15, -0.1) is 11.8 Å². The van der Waals surface area contributed by atoms with Gasteiger partial charge in [0.05, 0.1) is 5.25 Å². The lowest BCUT2D eigenvalue weighted by Gasteiger charge is -2.27. The Labute approximate surface area is 103 Å². The molecule has 0 spiro atoms. The van der Waals surface area contributed by atoms with Gasteiger partial charge in [0.2, 0.25) is 5.91 Å². The molecule has 2 N–H and O–H groups in total. The highest BCUT2D eigenvalue weighted by Crippen LogP contribution is 2.17. The van der Waals surface area contributed by atoms with Gasteiger partial charge in [0.25, 0.3) is 0 Å². The highest BCUT2D eigenvalue weighted by Gasteiger charge is 2.20. The summed E-state index contributed by atoms with van der Waals surface area (Å²) in [6, 6.07) is 0. The smallest absolute Gasteiger partial charge is 0.232 e. The summed E-state index contributed by atoms with van der Waals surface area (Å²) in [5.41, 5.74) is 0. The van der Waals surface area contributed by atoms with Crippen LogP contribution in [0.5, 0.6) is 0 Å². The first-order chi connectivity index (χ1) is 7.59. The average Bonchev–Trinajstić information content (AvgIpc) is 2.14. The standard InChI is InChI=1S/C12H24N2OS/c1-9(2)4-5-14-12(15)10(3)16-8-11-6-13-7-11/h9-11,13H,4-8H2,1-3H3,(H,14,15). The Morgan fingerprint density at radius 2 is 2.12 bits per heavy atom. The van der Waals surface area contributed by atoms with Crippen molar-refractivity contribution < 1.29 is 4.79 Å². The van der Waals surface area contributed by atoms with Gasteiger partial charge in [-0.2, -0.15) is 0 Å². The first-order valence-electron chi connectivity index (χ1n) is 6.19. The highest BCUT2D eigenvalue weighted by molar-refractivity contribution is 8.00. The van der Waals surface area contributed by atoms with E-state index in [-0.39, 0.29) is 11.2 Å². The van der Waals surface area contributed by atoms with Gasteiger partial charge < -0.3 is 10.6 Å². The maximum atomic E-state index is 11.7. The largest absolute Gasteiger partial charge is 0.355 e. The van der Waals surface area contributed by atoms with Crippen molar-refractivity contribution in [2.45, 2.75) is 32.4 Å². The van der Waals surface area contributed by atoms with Crippen molar-refractivity contribution in [1.82, 2.24) is 10.6 Å². The molecule has 0 saturated carbocycles. The van der Waals surface area contributed by atoms with Crippen molar-refractivity contribution in [2.24, 2.45) is 11.8 Å². The van der Waals surface area contributed by atoms with Crippen LogP contribution in [0.15, 0.2) is 0 Å². The van der Waals surface area contributed by atoms with E-state index in [4.69, 9.17) is 0 Å². The van der Waals surface area contributed by atoms with Crippen LogP contribution in [-0.2, 0) is 4.79 Å². The number of rotatable bonds is 7. The molecular formula is C12H24N2OS. The summed E-state index contributed by atoms with van der Waals surface area (Å²) in [4.78, 5) is 11.7. The van der Waals surface area contributed by atoms with E-state index in [9.17, 15) is 4.79 Å². The summed E-state index contributed by atoms with van der Waals surface area (Å²) in [5.74, 6) is 2.73. The van der Waals surface area contributed by atoms with Gasteiger partial charge in [0.1, 0.15) is 0 Å². The fourth-order valence-electron chi connectivity index (χ4n) is 1.45. The molecule has 1 saturated heterocycles. The molecule has 0 aromatic heterocycles. The van der Waals surface area contributed by atoms with Gasteiger partial charge in [-0.1, -0.05) is 13.8 Å². The van der Waals surface area contributed by atoms with Crippen molar-refractivity contribution in [3.63, 3.8) is 0 Å². The zero-order valence-corrected chi connectivity index (χ0v) is 11.4. The molecular weight excluding hydrogens is 220 g/mol. The fourth-order valence-corrected chi connectivity index (χ4v) is 2.48. The molecule has 1 amide bonds. The Bertz CT molecular complexity index is 217. The molecule has 0 aromatic carbocycles. The van der Waals surface area contributed by atoms with E-state index in [1.807, 2.05) is 6.92 Å². The minimum absolute atomic E-state index is 0.0905. The zero-order chi connectivity index (χ0) is 12.0. The van der Waals surface area contributed by atoms with Gasteiger partial charge in [-0.25, -0.2) is 0 Å². The Kier molecular flexibility index (Phi) is 6.21. The first kappa shape index (κ1) is 13.8. The summed E-state index contributed by atoms with van der Waals surface area (Å²) >= 11 is 1.78. The predicted octanol–water partition coefficient (Wildman–Crippen LogP) is 1.49. The van der Waals surface area contributed by atoms with Crippen LogP contribution >= 0.6 is 11.8 Å². The van der Waals surface area contributed by atoms with E-state index >= 15 is 0 Å². The van der Waals surface area contributed by atoms with E-state index in [0.717, 1.165) is 37.7 Å². The Morgan fingerprint density at radius 3 is 2.62 bits per heavy atom. The summed E-state index contributed by atoms with van der Waals surface area (Å²) < 4.78 is 0. The average molecular weight is 244 g/mol. The van der Waals surface area contributed by atoms with Crippen LogP contribution in [-0.4, -0.2) is 36.5 Å². The van der Waals surface area contributed by atoms with E-state index < -0.39 is 0 Å². The topological polar surface area (TPSA) is 41.1 Å². The second-order valence-corrected chi connectivity index (χ2v) is 6.35. The van der Waals surface area contributed by atoms with Crippen molar-refractivity contribution in [3.8, 4) is 0 Å². The maximum absolute atomic E-state index is 11.7. The van der Waals surface area contributed by atoms with Gasteiger partial charge in [-0.05, 0) is 44.0 Å². The van der Waals surface area contributed by atoms with Gasteiger partial charge >= 0.3 is 0 Å². The summed E-state index contributed by atoms with van der Waals surface area (Å²) in [5, 5.41) is 6.34. The zero-order valence-electron chi connectivity index (χ0n) is 10.6.